The average Bonchev–Trinajstić information content (AvgIpc) is 2.94. The van der Waals surface area contributed by atoms with Crippen LogP contribution in [0.5, 0.6) is 0 Å². The van der Waals surface area contributed by atoms with Crippen molar-refractivity contribution >= 4 is 41.8 Å². The molecule has 1 fully saturated rings. The minimum Gasteiger partial charge on any atom is -0.378 e. The molecule has 3 rings (SSSR count). The van der Waals surface area contributed by atoms with Gasteiger partial charge in [0.15, 0.2) is 0 Å². The lowest BCUT2D eigenvalue weighted by Gasteiger charge is -2.57. The third-order valence-electron chi connectivity index (χ3n) is 5.14. The van der Waals surface area contributed by atoms with Gasteiger partial charge in [0.25, 0.3) is 0 Å². The van der Waals surface area contributed by atoms with Crippen LogP contribution in [0.4, 0.5) is 4.39 Å². The number of rotatable bonds is 5. The topological polar surface area (TPSA) is 93.0 Å². The molecule has 0 radical (unpaired) electrons. The van der Waals surface area contributed by atoms with E-state index in [4.69, 9.17) is 10.5 Å². The normalized spacial score (nSPS) is 23.5. The van der Waals surface area contributed by atoms with E-state index in [0.717, 1.165) is 0 Å². The van der Waals surface area contributed by atoms with Crippen molar-refractivity contribution in [3.63, 3.8) is 0 Å². The number of amides is 1. The smallest absolute Gasteiger partial charge is 0.241 e. The van der Waals surface area contributed by atoms with Crippen LogP contribution in [0.1, 0.15) is 33.0 Å². The minimum atomic E-state index is -0.967. The molecule has 1 saturated carbocycles. The fourth-order valence-electron chi connectivity index (χ4n) is 3.26. The highest BCUT2D eigenvalue weighted by atomic mass is 35.5. The van der Waals surface area contributed by atoms with Gasteiger partial charge < -0.3 is 20.8 Å². The Labute approximate surface area is 164 Å². The predicted octanol–water partition coefficient (Wildman–Crippen LogP) is 2.69. The van der Waals surface area contributed by atoms with Crippen LogP contribution in [0.15, 0.2) is 18.2 Å². The van der Waals surface area contributed by atoms with Crippen molar-refractivity contribution in [3.8, 4) is 0 Å². The molecule has 9 heteroatoms. The summed E-state index contributed by atoms with van der Waals surface area (Å²) in [5.74, 6) is 0.00181. The zero-order valence-electron chi connectivity index (χ0n) is 15.0. The van der Waals surface area contributed by atoms with E-state index >= 15 is 0 Å². The molecular weight excluding hydrogens is 382 g/mol. The molecule has 1 aromatic carbocycles. The monoisotopic (exact) mass is 406 g/mol. The minimum absolute atomic E-state index is 0. The molecule has 4 N–H and O–H groups in total. The van der Waals surface area contributed by atoms with Gasteiger partial charge in [-0.05, 0) is 25.1 Å². The van der Waals surface area contributed by atoms with Crippen LogP contribution in [0, 0.1) is 11.2 Å². The number of ether oxygens (including phenoxy) is 1. The van der Waals surface area contributed by atoms with E-state index in [2.05, 4.69) is 15.3 Å². The van der Waals surface area contributed by atoms with Crippen LogP contribution in [-0.4, -0.2) is 34.1 Å². The third kappa shape index (κ3) is 3.67. The van der Waals surface area contributed by atoms with Crippen LogP contribution in [0.25, 0.3) is 11.0 Å². The lowest BCUT2D eigenvalue weighted by Crippen LogP contribution is -2.75. The first-order valence-corrected chi connectivity index (χ1v) is 8.11. The van der Waals surface area contributed by atoms with Crippen molar-refractivity contribution < 1.29 is 13.9 Å². The van der Waals surface area contributed by atoms with Gasteiger partial charge in [0.05, 0.1) is 23.7 Å². The van der Waals surface area contributed by atoms with Crippen molar-refractivity contribution in [1.82, 2.24) is 15.3 Å². The van der Waals surface area contributed by atoms with E-state index in [1.165, 1.54) is 12.1 Å². The maximum Gasteiger partial charge on any atom is 0.241 e. The molecule has 1 aliphatic carbocycles. The average molecular weight is 407 g/mol. The number of imidazole rings is 1. The molecule has 0 spiro atoms. The van der Waals surface area contributed by atoms with Crippen LogP contribution >= 0.6 is 24.8 Å². The molecule has 0 aliphatic heterocycles. The van der Waals surface area contributed by atoms with E-state index in [-0.39, 0.29) is 49.2 Å². The van der Waals surface area contributed by atoms with Gasteiger partial charge in [-0.15, -0.1) is 24.8 Å². The number of nitrogens with one attached hydrogen (secondary N) is 2. The second kappa shape index (κ2) is 8.08. The lowest BCUT2D eigenvalue weighted by atomic mass is 9.54. The highest BCUT2D eigenvalue weighted by Crippen LogP contribution is 2.49. The van der Waals surface area contributed by atoms with E-state index in [9.17, 15) is 9.18 Å². The summed E-state index contributed by atoms with van der Waals surface area (Å²) < 4.78 is 18.8. The molecule has 2 atom stereocenters. The summed E-state index contributed by atoms with van der Waals surface area (Å²) in [4.78, 5) is 19.9. The fraction of sp³-hybridized carbons (Fsp3) is 0.529. The third-order valence-corrected chi connectivity index (χ3v) is 5.14. The number of hydrogen-bond acceptors (Lipinski definition) is 4. The molecule has 0 bridgehead atoms. The number of hydrogen-bond donors (Lipinski definition) is 3. The van der Waals surface area contributed by atoms with Crippen molar-refractivity contribution in [1.29, 1.82) is 0 Å². The van der Waals surface area contributed by atoms with Gasteiger partial charge in [-0.1, -0.05) is 13.8 Å². The summed E-state index contributed by atoms with van der Waals surface area (Å²) in [6, 6.07) is 4.32. The molecule has 1 amide bonds. The Morgan fingerprint density at radius 2 is 2.15 bits per heavy atom. The maximum absolute atomic E-state index is 13.2. The van der Waals surface area contributed by atoms with Crippen LogP contribution < -0.4 is 11.1 Å². The Hall–Kier alpha value is -1.41. The molecule has 2 unspecified atom stereocenters. The summed E-state index contributed by atoms with van der Waals surface area (Å²) in [7, 11) is 0. The highest BCUT2D eigenvalue weighted by molar-refractivity contribution is 5.88. The van der Waals surface area contributed by atoms with Crippen molar-refractivity contribution in [2.75, 3.05) is 6.61 Å². The Balaban J connectivity index is 0.00000169. The zero-order chi connectivity index (χ0) is 17.5. The first-order valence-electron chi connectivity index (χ1n) is 8.11. The van der Waals surface area contributed by atoms with E-state index in [1.807, 2.05) is 20.8 Å². The van der Waals surface area contributed by atoms with Gasteiger partial charge >= 0.3 is 0 Å². The molecule has 2 aromatic rings. The number of carbonyl (C=O) groups excluding carboxylic acids is 1. The van der Waals surface area contributed by atoms with Gasteiger partial charge in [0.1, 0.15) is 17.2 Å². The largest absolute Gasteiger partial charge is 0.378 e. The number of carbonyl (C=O) groups is 1. The molecule has 1 aromatic heterocycles. The number of nitrogens with two attached hydrogens (primary N) is 1. The number of aromatic nitrogens is 2. The van der Waals surface area contributed by atoms with E-state index < -0.39 is 11.0 Å². The number of nitrogens with zero attached hydrogens (tertiary/aromatic N) is 1. The molecule has 26 heavy (non-hydrogen) atoms. The van der Waals surface area contributed by atoms with Gasteiger partial charge in [-0.2, -0.15) is 0 Å². The standard InChI is InChI=1S/C17H23FN4O2.2ClH/c1-4-24-13-8-17(19,16(13,2)3)15(23)20-9-14-21-11-6-5-10(18)7-12(11)22-14;;/h5-7,13H,4,8-9,19H2,1-3H3,(H,20,23)(H,21,22);2*1H. The predicted molar refractivity (Wildman–Crippen MR) is 103 cm³/mol. The number of aromatic amines is 1. The summed E-state index contributed by atoms with van der Waals surface area (Å²) in [5, 5.41) is 2.83. The summed E-state index contributed by atoms with van der Waals surface area (Å²) in [6.45, 7) is 6.63. The maximum atomic E-state index is 13.2. The van der Waals surface area contributed by atoms with Crippen LogP contribution in [-0.2, 0) is 16.1 Å². The zero-order valence-corrected chi connectivity index (χ0v) is 16.6. The van der Waals surface area contributed by atoms with E-state index in [1.54, 1.807) is 6.07 Å². The van der Waals surface area contributed by atoms with Crippen molar-refractivity contribution in [2.45, 2.75) is 45.4 Å². The molecule has 146 valence electrons. The second-order valence-electron chi connectivity index (χ2n) is 6.87. The highest BCUT2D eigenvalue weighted by Gasteiger charge is 2.62. The van der Waals surface area contributed by atoms with Crippen molar-refractivity contribution in [2.24, 2.45) is 11.1 Å². The number of H-pyrrole nitrogens is 1. The summed E-state index contributed by atoms with van der Waals surface area (Å²) in [5.41, 5.74) is 6.18. The quantitative estimate of drug-likeness (QED) is 0.711. The molecular formula is C17H25Cl2FN4O2. The molecule has 1 aliphatic rings. The Kier molecular flexibility index (Phi) is 7.04. The lowest BCUT2D eigenvalue weighted by molar-refractivity contribution is -0.170. The van der Waals surface area contributed by atoms with Crippen LogP contribution in [0.3, 0.4) is 0 Å². The van der Waals surface area contributed by atoms with Gasteiger partial charge in [0.2, 0.25) is 5.91 Å². The van der Waals surface area contributed by atoms with Crippen LogP contribution in [0.2, 0.25) is 0 Å². The second-order valence-corrected chi connectivity index (χ2v) is 6.87. The Morgan fingerprint density at radius 1 is 1.46 bits per heavy atom. The molecule has 1 heterocycles. The van der Waals surface area contributed by atoms with Gasteiger partial charge in [0, 0.05) is 18.4 Å². The number of benzene rings is 1. The summed E-state index contributed by atoms with van der Waals surface area (Å²) in [6.07, 6.45) is 0.470. The van der Waals surface area contributed by atoms with E-state index in [0.29, 0.717) is 29.9 Å². The fourth-order valence-corrected chi connectivity index (χ4v) is 3.26. The Bertz CT molecular complexity index is 783. The number of fused-ring (bicyclic) bond motifs is 1. The molecule has 6 nitrogen and oxygen atoms in total. The van der Waals surface area contributed by atoms with Gasteiger partial charge in [-0.25, -0.2) is 9.37 Å². The van der Waals surface area contributed by atoms with Gasteiger partial charge in [-0.3, -0.25) is 4.79 Å². The first kappa shape index (κ1) is 22.6. The SMILES string of the molecule is CCOC1CC(N)(C(=O)NCc2nc3ccc(F)cc3[nH]2)C1(C)C.Cl.Cl. The Morgan fingerprint density at radius 3 is 2.77 bits per heavy atom. The first-order chi connectivity index (χ1) is 11.3. The molecule has 0 saturated heterocycles. The van der Waals surface area contributed by atoms with Crippen molar-refractivity contribution in [3.05, 3.63) is 29.8 Å². The summed E-state index contributed by atoms with van der Waals surface area (Å²) >= 11 is 0. The number of halogens is 3.